The maximum absolute atomic E-state index is 4.45. The second kappa shape index (κ2) is 8.77. The molecule has 1 nitrogen and oxygen atoms in total. The highest BCUT2D eigenvalue weighted by molar-refractivity contribution is 8.00. The zero-order chi connectivity index (χ0) is 11.7. The molecule has 92 valence electrons. The molecule has 0 saturated carbocycles. The molecule has 0 rings (SSSR count). The molecule has 0 spiro atoms. The summed E-state index contributed by atoms with van der Waals surface area (Å²) in [5, 5.41) is 0. The van der Waals surface area contributed by atoms with Crippen LogP contribution >= 0.6 is 25.3 Å². The lowest BCUT2D eigenvalue weighted by atomic mass is 10.2. The van der Waals surface area contributed by atoms with Gasteiger partial charge in [0.25, 0.3) is 0 Å². The monoisotopic (exact) mass is 249 g/mol. The van der Waals surface area contributed by atoms with Gasteiger partial charge in [-0.05, 0) is 39.3 Å². The van der Waals surface area contributed by atoms with Gasteiger partial charge < -0.3 is 4.90 Å². The van der Waals surface area contributed by atoms with Crippen LogP contribution in [0.25, 0.3) is 0 Å². The maximum Gasteiger partial charge on any atom is 0.0536 e. The minimum absolute atomic E-state index is 0.128. The van der Waals surface area contributed by atoms with Crippen molar-refractivity contribution < 1.29 is 0 Å². The first-order chi connectivity index (χ1) is 6.99. The summed E-state index contributed by atoms with van der Waals surface area (Å²) in [6.07, 6.45) is 6.22. The standard InChI is InChI=1S/C12H27NS2/c1-4-6-9-13(10-7-5-2)11-8-12(3,14)15/h14-15H,4-11H2,1-3H3. The molecule has 15 heavy (non-hydrogen) atoms. The van der Waals surface area contributed by atoms with Gasteiger partial charge in [-0.1, -0.05) is 26.7 Å². The molecule has 0 fully saturated rings. The molecule has 0 amide bonds. The van der Waals surface area contributed by atoms with Gasteiger partial charge in [0.1, 0.15) is 0 Å². The molecule has 0 aromatic heterocycles. The van der Waals surface area contributed by atoms with E-state index in [2.05, 4.69) is 50.9 Å². The van der Waals surface area contributed by atoms with Crippen LogP contribution in [0.15, 0.2) is 0 Å². The first kappa shape index (κ1) is 15.7. The highest BCUT2D eigenvalue weighted by atomic mass is 32.2. The molecular weight excluding hydrogens is 222 g/mol. The van der Waals surface area contributed by atoms with E-state index in [9.17, 15) is 0 Å². The van der Waals surface area contributed by atoms with Gasteiger partial charge in [0.15, 0.2) is 0 Å². The van der Waals surface area contributed by atoms with Gasteiger partial charge in [0.05, 0.1) is 4.08 Å². The summed E-state index contributed by atoms with van der Waals surface area (Å²) in [7, 11) is 0. The van der Waals surface area contributed by atoms with Crippen LogP contribution in [0.2, 0.25) is 0 Å². The van der Waals surface area contributed by atoms with E-state index in [4.69, 9.17) is 0 Å². The Bertz CT molecular complexity index is 135. The highest BCUT2D eigenvalue weighted by Gasteiger charge is 2.14. The molecule has 0 aromatic rings. The second-order valence-electron chi connectivity index (χ2n) is 4.52. The summed E-state index contributed by atoms with van der Waals surface area (Å²) < 4.78 is -0.128. The number of thiol groups is 2. The molecule has 0 heterocycles. The highest BCUT2D eigenvalue weighted by Crippen LogP contribution is 2.23. The smallest absolute Gasteiger partial charge is 0.0536 e. The van der Waals surface area contributed by atoms with Crippen molar-refractivity contribution in [3.05, 3.63) is 0 Å². The van der Waals surface area contributed by atoms with Crippen molar-refractivity contribution in [3.8, 4) is 0 Å². The van der Waals surface area contributed by atoms with E-state index in [1.165, 1.54) is 38.8 Å². The van der Waals surface area contributed by atoms with E-state index in [-0.39, 0.29) is 4.08 Å². The van der Waals surface area contributed by atoms with Gasteiger partial charge >= 0.3 is 0 Å². The van der Waals surface area contributed by atoms with Gasteiger partial charge in [0, 0.05) is 6.54 Å². The lowest BCUT2D eigenvalue weighted by Gasteiger charge is -2.25. The third-order valence-electron chi connectivity index (χ3n) is 2.56. The van der Waals surface area contributed by atoms with E-state index in [0.717, 1.165) is 13.0 Å². The topological polar surface area (TPSA) is 3.24 Å². The van der Waals surface area contributed by atoms with Crippen molar-refractivity contribution in [3.63, 3.8) is 0 Å². The predicted molar refractivity (Wildman–Crippen MR) is 77.3 cm³/mol. The van der Waals surface area contributed by atoms with Crippen LogP contribution in [0.1, 0.15) is 52.9 Å². The SMILES string of the molecule is CCCCN(CCCC)CCC(C)(S)S. The molecule has 0 unspecified atom stereocenters. The molecule has 0 aromatic carbocycles. The van der Waals surface area contributed by atoms with Crippen LogP contribution in [0.5, 0.6) is 0 Å². The van der Waals surface area contributed by atoms with Gasteiger partial charge in [-0.2, -0.15) is 25.3 Å². The summed E-state index contributed by atoms with van der Waals surface area (Å²) in [5.74, 6) is 0. The second-order valence-corrected chi connectivity index (χ2v) is 6.84. The van der Waals surface area contributed by atoms with Crippen molar-refractivity contribution >= 4 is 25.3 Å². The van der Waals surface area contributed by atoms with E-state index in [0.29, 0.717) is 0 Å². The first-order valence-corrected chi connectivity index (χ1v) is 7.06. The molecule has 0 aliphatic rings. The Hall–Kier alpha value is 0.660. The van der Waals surface area contributed by atoms with E-state index >= 15 is 0 Å². The fourth-order valence-electron chi connectivity index (χ4n) is 1.47. The summed E-state index contributed by atoms with van der Waals surface area (Å²) >= 11 is 8.90. The van der Waals surface area contributed by atoms with Gasteiger partial charge in [-0.15, -0.1) is 0 Å². The Labute approximate surface area is 107 Å². The third kappa shape index (κ3) is 10.9. The molecule has 0 aliphatic carbocycles. The fourth-order valence-corrected chi connectivity index (χ4v) is 1.67. The summed E-state index contributed by atoms with van der Waals surface area (Å²) in [5.41, 5.74) is 0. The Balaban J connectivity index is 3.78. The van der Waals surface area contributed by atoms with Crippen LogP contribution in [-0.4, -0.2) is 28.6 Å². The molecular formula is C12H27NS2. The minimum Gasteiger partial charge on any atom is -0.303 e. The Morgan fingerprint density at radius 3 is 1.73 bits per heavy atom. The molecule has 0 bridgehead atoms. The number of nitrogens with zero attached hydrogens (tertiary/aromatic N) is 1. The lowest BCUT2D eigenvalue weighted by molar-refractivity contribution is 0.260. The van der Waals surface area contributed by atoms with Crippen LogP contribution in [0, 0.1) is 0 Å². The Morgan fingerprint density at radius 2 is 1.40 bits per heavy atom. The summed E-state index contributed by atoms with van der Waals surface area (Å²) in [4.78, 5) is 2.55. The molecule has 0 N–H and O–H groups in total. The maximum atomic E-state index is 4.45. The van der Waals surface area contributed by atoms with Crippen molar-refractivity contribution in [2.75, 3.05) is 19.6 Å². The quantitative estimate of drug-likeness (QED) is 0.464. The number of unbranched alkanes of at least 4 members (excludes halogenated alkanes) is 2. The Morgan fingerprint density at radius 1 is 0.933 bits per heavy atom. The van der Waals surface area contributed by atoms with Crippen LogP contribution in [-0.2, 0) is 0 Å². The van der Waals surface area contributed by atoms with Gasteiger partial charge in [0.2, 0.25) is 0 Å². The molecule has 3 heteroatoms. The van der Waals surface area contributed by atoms with Gasteiger partial charge in [-0.25, -0.2) is 0 Å². The minimum atomic E-state index is -0.128. The predicted octanol–water partition coefficient (Wildman–Crippen LogP) is 3.85. The molecule has 0 aliphatic heterocycles. The normalized spacial score (nSPS) is 12.4. The number of hydrogen-bond acceptors (Lipinski definition) is 3. The molecule has 0 radical (unpaired) electrons. The first-order valence-electron chi connectivity index (χ1n) is 6.16. The average molecular weight is 249 g/mol. The van der Waals surface area contributed by atoms with Crippen molar-refractivity contribution in [1.29, 1.82) is 0 Å². The molecule has 0 atom stereocenters. The van der Waals surface area contributed by atoms with Crippen molar-refractivity contribution in [1.82, 2.24) is 4.90 Å². The van der Waals surface area contributed by atoms with E-state index in [1.54, 1.807) is 0 Å². The van der Waals surface area contributed by atoms with Crippen LogP contribution in [0.3, 0.4) is 0 Å². The summed E-state index contributed by atoms with van der Waals surface area (Å²) in [6, 6.07) is 0. The van der Waals surface area contributed by atoms with Crippen LogP contribution in [0.4, 0.5) is 0 Å². The largest absolute Gasteiger partial charge is 0.303 e. The number of hydrogen-bond donors (Lipinski definition) is 2. The number of rotatable bonds is 9. The molecule has 0 saturated heterocycles. The zero-order valence-electron chi connectivity index (χ0n) is 10.5. The third-order valence-corrected chi connectivity index (χ3v) is 3.00. The van der Waals surface area contributed by atoms with E-state index in [1.807, 2.05) is 0 Å². The van der Waals surface area contributed by atoms with E-state index < -0.39 is 0 Å². The average Bonchev–Trinajstić information content (AvgIpc) is 2.15. The zero-order valence-corrected chi connectivity index (χ0v) is 12.3. The summed E-state index contributed by atoms with van der Waals surface area (Å²) in [6.45, 7) is 10.2. The van der Waals surface area contributed by atoms with Crippen molar-refractivity contribution in [2.45, 2.75) is 57.0 Å². The lowest BCUT2D eigenvalue weighted by Crippen LogP contribution is -2.30. The Kier molecular flexibility index (Phi) is 9.16. The van der Waals surface area contributed by atoms with Crippen molar-refractivity contribution in [2.24, 2.45) is 0 Å². The van der Waals surface area contributed by atoms with Crippen LogP contribution < -0.4 is 0 Å². The fraction of sp³-hybridized carbons (Fsp3) is 1.00. The van der Waals surface area contributed by atoms with Gasteiger partial charge in [-0.3, -0.25) is 0 Å².